The number of anilines is 1. The SMILES string of the molecule is N#Cc1ccc(NC(=O)CN2C(=O)C3CC3C2=O)cc1. The summed E-state index contributed by atoms with van der Waals surface area (Å²) in [7, 11) is 0. The van der Waals surface area contributed by atoms with E-state index in [0.717, 1.165) is 4.90 Å². The number of rotatable bonds is 3. The van der Waals surface area contributed by atoms with Crippen LogP contribution in [0.1, 0.15) is 12.0 Å². The molecule has 1 heterocycles. The van der Waals surface area contributed by atoms with E-state index < -0.39 is 5.91 Å². The lowest BCUT2D eigenvalue weighted by atomic mass is 10.2. The van der Waals surface area contributed by atoms with Crippen LogP contribution >= 0.6 is 0 Å². The van der Waals surface area contributed by atoms with E-state index >= 15 is 0 Å². The van der Waals surface area contributed by atoms with Gasteiger partial charge in [-0.25, -0.2) is 0 Å². The average molecular weight is 269 g/mol. The van der Waals surface area contributed by atoms with Crippen molar-refractivity contribution in [3.8, 4) is 6.07 Å². The molecule has 0 radical (unpaired) electrons. The van der Waals surface area contributed by atoms with Crippen LogP contribution in [-0.4, -0.2) is 29.2 Å². The summed E-state index contributed by atoms with van der Waals surface area (Å²) < 4.78 is 0. The maximum Gasteiger partial charge on any atom is 0.244 e. The van der Waals surface area contributed by atoms with E-state index in [1.54, 1.807) is 24.3 Å². The lowest BCUT2D eigenvalue weighted by Crippen LogP contribution is -2.39. The molecule has 1 saturated heterocycles. The number of hydrogen-bond acceptors (Lipinski definition) is 4. The molecule has 0 spiro atoms. The highest BCUT2D eigenvalue weighted by Crippen LogP contribution is 2.46. The molecule has 20 heavy (non-hydrogen) atoms. The number of hydrogen-bond donors (Lipinski definition) is 1. The van der Waals surface area contributed by atoms with E-state index in [4.69, 9.17) is 5.26 Å². The highest BCUT2D eigenvalue weighted by atomic mass is 16.2. The highest BCUT2D eigenvalue weighted by molar-refractivity contribution is 6.11. The molecule has 1 saturated carbocycles. The van der Waals surface area contributed by atoms with Crippen molar-refractivity contribution in [1.29, 1.82) is 5.26 Å². The normalized spacial score (nSPS) is 23.2. The summed E-state index contributed by atoms with van der Waals surface area (Å²) >= 11 is 0. The molecule has 2 aliphatic rings. The van der Waals surface area contributed by atoms with E-state index in [9.17, 15) is 14.4 Å². The summed E-state index contributed by atoms with van der Waals surface area (Å²) in [6, 6.07) is 8.34. The number of carbonyl (C=O) groups excluding carboxylic acids is 3. The van der Waals surface area contributed by atoms with E-state index in [1.807, 2.05) is 6.07 Å². The second kappa shape index (κ2) is 4.46. The third kappa shape index (κ3) is 2.03. The maximum atomic E-state index is 11.8. The van der Waals surface area contributed by atoms with Crippen molar-refractivity contribution in [1.82, 2.24) is 4.90 Å². The monoisotopic (exact) mass is 269 g/mol. The summed E-state index contributed by atoms with van der Waals surface area (Å²) in [6.45, 7) is -0.245. The van der Waals surface area contributed by atoms with Gasteiger partial charge in [0.15, 0.2) is 0 Å². The first-order chi connectivity index (χ1) is 9.60. The minimum absolute atomic E-state index is 0.190. The van der Waals surface area contributed by atoms with Gasteiger partial charge in [-0.15, -0.1) is 0 Å². The Morgan fingerprint density at radius 1 is 1.25 bits per heavy atom. The predicted molar refractivity (Wildman–Crippen MR) is 68.1 cm³/mol. The second-order valence-electron chi connectivity index (χ2n) is 4.95. The van der Waals surface area contributed by atoms with Crippen LogP contribution in [0.25, 0.3) is 0 Å². The van der Waals surface area contributed by atoms with Crippen LogP contribution in [0.15, 0.2) is 24.3 Å². The molecule has 0 aromatic heterocycles. The fourth-order valence-electron chi connectivity index (χ4n) is 2.38. The molecule has 1 aromatic carbocycles. The van der Waals surface area contributed by atoms with Crippen LogP contribution in [-0.2, 0) is 14.4 Å². The highest BCUT2D eigenvalue weighted by Gasteiger charge is 2.59. The molecular formula is C14H11N3O3. The standard InChI is InChI=1S/C14H11N3O3/c15-6-8-1-3-9(4-2-8)16-12(18)7-17-13(19)10-5-11(10)14(17)20/h1-4,10-11H,5,7H2,(H,16,18). The molecule has 0 bridgehead atoms. The zero-order valence-electron chi connectivity index (χ0n) is 10.5. The lowest BCUT2D eigenvalue weighted by Gasteiger charge is -2.15. The van der Waals surface area contributed by atoms with Gasteiger partial charge in [-0.1, -0.05) is 0 Å². The molecule has 100 valence electrons. The summed E-state index contributed by atoms with van der Waals surface area (Å²) in [6.07, 6.45) is 0.630. The van der Waals surface area contributed by atoms with Gasteiger partial charge in [0.25, 0.3) is 0 Å². The second-order valence-corrected chi connectivity index (χ2v) is 4.95. The van der Waals surface area contributed by atoms with Crippen molar-refractivity contribution in [2.45, 2.75) is 6.42 Å². The van der Waals surface area contributed by atoms with Crippen molar-refractivity contribution >= 4 is 23.4 Å². The summed E-state index contributed by atoms with van der Waals surface area (Å²) in [5.74, 6) is -1.28. The van der Waals surface area contributed by atoms with Gasteiger partial charge in [-0.2, -0.15) is 5.26 Å². The fraction of sp³-hybridized carbons (Fsp3) is 0.286. The molecule has 6 nitrogen and oxygen atoms in total. The molecule has 6 heteroatoms. The Balaban J connectivity index is 1.61. The van der Waals surface area contributed by atoms with Gasteiger partial charge in [0.1, 0.15) is 6.54 Å². The van der Waals surface area contributed by atoms with Crippen LogP contribution in [0.3, 0.4) is 0 Å². The zero-order chi connectivity index (χ0) is 14.3. The minimum Gasteiger partial charge on any atom is -0.325 e. The first kappa shape index (κ1) is 12.4. The summed E-state index contributed by atoms with van der Waals surface area (Å²) in [5.41, 5.74) is 1.02. The Hall–Kier alpha value is -2.68. The maximum absolute atomic E-state index is 11.8. The lowest BCUT2D eigenvalue weighted by molar-refractivity contribution is -0.143. The van der Waals surface area contributed by atoms with Crippen molar-refractivity contribution in [3.63, 3.8) is 0 Å². The topological polar surface area (TPSA) is 90.3 Å². The summed E-state index contributed by atoms with van der Waals surface area (Å²) in [4.78, 5) is 36.3. The number of amides is 3. The minimum atomic E-state index is -0.419. The van der Waals surface area contributed by atoms with Gasteiger partial charge in [-0.05, 0) is 30.7 Å². The first-order valence-electron chi connectivity index (χ1n) is 6.25. The van der Waals surface area contributed by atoms with E-state index in [-0.39, 0.29) is 30.2 Å². The largest absolute Gasteiger partial charge is 0.325 e. The Labute approximate surface area is 115 Å². The first-order valence-corrected chi connectivity index (χ1v) is 6.25. The summed E-state index contributed by atoms with van der Waals surface area (Å²) in [5, 5.41) is 11.3. The molecule has 2 unspecified atom stereocenters. The van der Waals surface area contributed by atoms with Crippen molar-refractivity contribution in [3.05, 3.63) is 29.8 Å². The number of benzene rings is 1. The number of nitriles is 1. The molecule has 2 atom stereocenters. The van der Waals surface area contributed by atoms with E-state index in [0.29, 0.717) is 17.7 Å². The van der Waals surface area contributed by atoms with E-state index in [1.165, 1.54) is 0 Å². The van der Waals surface area contributed by atoms with Crippen LogP contribution < -0.4 is 5.32 Å². The van der Waals surface area contributed by atoms with Gasteiger partial charge in [-0.3, -0.25) is 19.3 Å². The molecule has 1 N–H and O–H groups in total. The Morgan fingerprint density at radius 3 is 2.40 bits per heavy atom. The van der Waals surface area contributed by atoms with Crippen LogP contribution in [0.2, 0.25) is 0 Å². The Morgan fingerprint density at radius 2 is 1.85 bits per heavy atom. The fourth-order valence-corrected chi connectivity index (χ4v) is 2.38. The Kier molecular flexibility index (Phi) is 2.75. The number of piperidine rings is 1. The number of nitrogens with zero attached hydrogens (tertiary/aromatic N) is 2. The van der Waals surface area contributed by atoms with Crippen molar-refractivity contribution in [2.75, 3.05) is 11.9 Å². The number of nitrogens with one attached hydrogen (secondary N) is 1. The predicted octanol–water partition coefficient (Wildman–Crippen LogP) is 0.502. The van der Waals surface area contributed by atoms with Crippen molar-refractivity contribution < 1.29 is 14.4 Å². The van der Waals surface area contributed by atoms with Crippen LogP contribution in [0, 0.1) is 23.2 Å². The quantitative estimate of drug-likeness (QED) is 0.809. The molecule has 3 amide bonds. The number of carbonyl (C=O) groups is 3. The van der Waals surface area contributed by atoms with Crippen LogP contribution in [0.5, 0.6) is 0 Å². The zero-order valence-corrected chi connectivity index (χ0v) is 10.5. The van der Waals surface area contributed by atoms with E-state index in [2.05, 4.69) is 5.32 Å². The molecule has 1 aliphatic carbocycles. The molecule has 2 fully saturated rings. The van der Waals surface area contributed by atoms with Gasteiger partial charge < -0.3 is 5.32 Å². The van der Waals surface area contributed by atoms with Crippen LogP contribution in [0.4, 0.5) is 5.69 Å². The van der Waals surface area contributed by atoms with Crippen molar-refractivity contribution in [2.24, 2.45) is 11.8 Å². The number of fused-ring (bicyclic) bond motifs is 1. The third-order valence-electron chi connectivity index (χ3n) is 3.56. The van der Waals surface area contributed by atoms with Gasteiger partial charge in [0.05, 0.1) is 23.5 Å². The third-order valence-corrected chi connectivity index (χ3v) is 3.56. The molecule has 1 aromatic rings. The Bertz CT molecular complexity index is 625. The smallest absolute Gasteiger partial charge is 0.244 e. The van der Waals surface area contributed by atoms with Gasteiger partial charge in [0.2, 0.25) is 17.7 Å². The van der Waals surface area contributed by atoms with Gasteiger partial charge >= 0.3 is 0 Å². The molecular weight excluding hydrogens is 258 g/mol. The molecule has 3 rings (SSSR count). The number of imide groups is 1. The average Bonchev–Trinajstić information content (AvgIpc) is 3.20. The molecule has 1 aliphatic heterocycles. The van der Waals surface area contributed by atoms with Gasteiger partial charge in [0, 0.05) is 5.69 Å². The number of likely N-dealkylation sites (tertiary alicyclic amines) is 1.